The summed E-state index contributed by atoms with van der Waals surface area (Å²) >= 11 is 0. The van der Waals surface area contributed by atoms with Gasteiger partial charge < -0.3 is 20.7 Å². The van der Waals surface area contributed by atoms with E-state index in [0.29, 0.717) is 35.5 Å². The summed E-state index contributed by atoms with van der Waals surface area (Å²) in [6.07, 6.45) is 19.7. The molecule has 0 aromatic carbocycles. The van der Waals surface area contributed by atoms with Gasteiger partial charge in [0.1, 0.15) is 6.29 Å². The summed E-state index contributed by atoms with van der Waals surface area (Å²) in [5.74, 6) is 1.09. The Hall–Kier alpha value is -1.43. The quantitative estimate of drug-likeness (QED) is 0.139. The number of fused-ring (bicyclic) bond motifs is 2. The van der Waals surface area contributed by atoms with Crippen molar-refractivity contribution in [2.45, 2.75) is 151 Å². The number of amides is 2. The highest BCUT2D eigenvalue weighted by atomic mass is 16.2. The summed E-state index contributed by atoms with van der Waals surface area (Å²) in [6.45, 7) is 13.0. The summed E-state index contributed by atoms with van der Waals surface area (Å²) in [5, 5.41) is 8.24. The van der Waals surface area contributed by atoms with E-state index in [1.807, 2.05) is 41.8 Å². The number of unbranched alkanes of at least 4 members (excludes halogenated alkanes) is 4. The molecule has 4 unspecified atom stereocenters. The van der Waals surface area contributed by atoms with Crippen LogP contribution in [0.4, 0.5) is 0 Å². The van der Waals surface area contributed by atoms with Gasteiger partial charge in [0.2, 0.25) is 11.8 Å². The maximum Gasteiger partial charge on any atom is 0.219 e. The van der Waals surface area contributed by atoms with Gasteiger partial charge in [-0.15, -0.1) is 0 Å². The molecule has 0 heterocycles. The number of nitrogens with one attached hydrogen (secondary N) is 3. The number of hydrogen-bond donors (Lipinski definition) is 3. The average Bonchev–Trinajstić information content (AvgIpc) is 2.93. The first kappa shape index (κ1) is 40.7. The van der Waals surface area contributed by atoms with Crippen LogP contribution in [0.1, 0.15) is 151 Å². The molecule has 4 atom stereocenters. The van der Waals surface area contributed by atoms with E-state index in [1.54, 1.807) is 14.1 Å². The molecule has 2 fully saturated rings. The normalized spacial score (nSPS) is 26.4. The third-order valence-corrected chi connectivity index (χ3v) is 8.59. The van der Waals surface area contributed by atoms with Gasteiger partial charge in [-0.25, -0.2) is 0 Å². The Bertz CT molecular complexity index is 669. The van der Waals surface area contributed by atoms with Crippen LogP contribution in [0.25, 0.3) is 0 Å². The third-order valence-electron chi connectivity index (χ3n) is 8.59. The van der Waals surface area contributed by atoms with E-state index in [1.165, 1.54) is 51.4 Å². The summed E-state index contributed by atoms with van der Waals surface area (Å²) in [4.78, 5) is 34.1. The minimum atomic E-state index is 0.151. The van der Waals surface area contributed by atoms with Crippen LogP contribution in [-0.4, -0.2) is 46.3 Å². The highest BCUT2D eigenvalue weighted by Crippen LogP contribution is 2.64. The van der Waals surface area contributed by atoms with E-state index >= 15 is 0 Å². The van der Waals surface area contributed by atoms with Crippen molar-refractivity contribution in [3.8, 4) is 0 Å². The van der Waals surface area contributed by atoms with E-state index in [4.69, 9.17) is 0 Å². The van der Waals surface area contributed by atoms with Crippen molar-refractivity contribution in [2.24, 2.45) is 22.2 Å². The summed E-state index contributed by atoms with van der Waals surface area (Å²) in [5.41, 5.74) is 1.14. The first-order valence-corrected chi connectivity index (χ1v) is 16.5. The van der Waals surface area contributed by atoms with Crippen LogP contribution in [0.3, 0.4) is 0 Å². The van der Waals surface area contributed by atoms with Crippen LogP contribution in [-0.2, 0) is 14.4 Å². The van der Waals surface area contributed by atoms with Gasteiger partial charge in [-0.1, -0.05) is 60.8 Å². The van der Waals surface area contributed by atoms with Crippen LogP contribution in [0.5, 0.6) is 0 Å². The largest absolute Gasteiger partial charge is 0.359 e. The maximum absolute atomic E-state index is 11.7. The second-order valence-corrected chi connectivity index (χ2v) is 12.6. The zero-order valence-electron chi connectivity index (χ0n) is 28.4. The molecule has 0 radical (unpaired) electrons. The molecule has 2 bridgehead atoms. The Balaban J connectivity index is 0. The first-order valence-electron chi connectivity index (χ1n) is 16.5. The molecule has 0 saturated heterocycles. The molecule has 0 aliphatic heterocycles. The second kappa shape index (κ2) is 23.2. The van der Waals surface area contributed by atoms with Crippen molar-refractivity contribution in [2.75, 3.05) is 28.2 Å². The minimum Gasteiger partial charge on any atom is -0.359 e. The Morgan fingerprint density at radius 1 is 0.675 bits per heavy atom. The molecular formula is C34H69N3O3. The Kier molecular flexibility index (Phi) is 23.6. The van der Waals surface area contributed by atoms with Crippen LogP contribution >= 0.6 is 0 Å². The summed E-state index contributed by atoms with van der Waals surface area (Å²) < 4.78 is 0. The third kappa shape index (κ3) is 16.7. The van der Waals surface area contributed by atoms with Gasteiger partial charge in [-0.3, -0.25) is 9.59 Å². The fraction of sp³-hybridized carbons (Fsp3) is 0.912. The second-order valence-electron chi connectivity index (χ2n) is 12.6. The lowest BCUT2D eigenvalue weighted by Crippen LogP contribution is -2.47. The van der Waals surface area contributed by atoms with Gasteiger partial charge in [0.05, 0.1) is 0 Å². The zero-order valence-corrected chi connectivity index (χ0v) is 28.4. The van der Waals surface area contributed by atoms with E-state index in [-0.39, 0.29) is 11.8 Å². The Labute approximate surface area is 249 Å². The molecule has 3 N–H and O–H groups in total. The highest BCUT2D eigenvalue weighted by molar-refractivity contribution is 5.75. The standard InChI is InChI=1S/C28H50N2O3.C2H7N.2C2H6/c1-26(14-8-5-11-17-31)18-23-19-27(2,15-9-6-12-24(32)29-3)22-28(20-23,21-26)16-10-7-13-25(33)30-4;1-3-2;2*1-2/h17,23H,5-16,18-22H2,1-4H3,(H,29,32)(H,30,33);3H,1-2H3;2*1-2H3. The zero-order chi connectivity index (χ0) is 31.1. The molecule has 2 aliphatic carbocycles. The molecule has 0 aromatic heterocycles. The molecule has 2 rings (SSSR count). The van der Waals surface area contributed by atoms with Crippen molar-refractivity contribution in [1.82, 2.24) is 16.0 Å². The summed E-state index contributed by atoms with van der Waals surface area (Å²) in [7, 11) is 7.19. The van der Waals surface area contributed by atoms with Crippen molar-refractivity contribution >= 4 is 18.1 Å². The fourth-order valence-corrected chi connectivity index (χ4v) is 7.70. The predicted octanol–water partition coefficient (Wildman–Crippen LogP) is 7.84. The Morgan fingerprint density at radius 3 is 1.48 bits per heavy atom. The SMILES string of the molecule is CC.CC.CNC.CNC(=O)CCCCC1(C)CC2CC(C)(CCCCC=O)CC(CCCCC(=O)NC)(C2)C1. The van der Waals surface area contributed by atoms with E-state index in [9.17, 15) is 14.4 Å². The Morgan fingerprint density at radius 2 is 1.07 bits per heavy atom. The maximum atomic E-state index is 11.7. The molecule has 238 valence electrons. The number of hydrogen-bond acceptors (Lipinski definition) is 4. The number of aldehydes is 1. The molecule has 40 heavy (non-hydrogen) atoms. The lowest BCUT2D eigenvalue weighted by molar-refractivity contribution is -0.121. The topological polar surface area (TPSA) is 87.3 Å². The predicted molar refractivity (Wildman–Crippen MR) is 173 cm³/mol. The molecule has 0 aromatic rings. The van der Waals surface area contributed by atoms with Gasteiger partial charge in [0.25, 0.3) is 0 Å². The molecule has 2 amide bonds. The lowest BCUT2D eigenvalue weighted by atomic mass is 9.47. The molecule has 0 spiro atoms. The average molecular weight is 568 g/mol. The molecule has 2 saturated carbocycles. The van der Waals surface area contributed by atoms with E-state index in [2.05, 4.69) is 29.8 Å². The number of carbonyl (C=O) groups excluding carboxylic acids is 3. The van der Waals surface area contributed by atoms with Gasteiger partial charge in [0.15, 0.2) is 0 Å². The fourth-order valence-electron chi connectivity index (χ4n) is 7.70. The molecule has 2 aliphatic rings. The first-order chi connectivity index (χ1) is 19.1. The monoisotopic (exact) mass is 568 g/mol. The van der Waals surface area contributed by atoms with Crippen molar-refractivity contribution in [3.63, 3.8) is 0 Å². The van der Waals surface area contributed by atoms with E-state index < -0.39 is 0 Å². The minimum absolute atomic E-state index is 0.151. The molecule has 6 nitrogen and oxygen atoms in total. The number of carbonyl (C=O) groups is 3. The van der Waals surface area contributed by atoms with Crippen molar-refractivity contribution in [3.05, 3.63) is 0 Å². The van der Waals surface area contributed by atoms with Crippen LogP contribution in [0, 0.1) is 22.2 Å². The molecule has 6 heteroatoms. The van der Waals surface area contributed by atoms with E-state index in [0.717, 1.165) is 50.7 Å². The smallest absolute Gasteiger partial charge is 0.219 e. The van der Waals surface area contributed by atoms with Crippen molar-refractivity contribution < 1.29 is 14.4 Å². The lowest BCUT2D eigenvalue weighted by Gasteiger charge is -2.58. The van der Waals surface area contributed by atoms with Gasteiger partial charge in [-0.05, 0) is 107 Å². The molecular weight excluding hydrogens is 498 g/mol. The van der Waals surface area contributed by atoms with Crippen LogP contribution in [0.15, 0.2) is 0 Å². The van der Waals surface area contributed by atoms with Gasteiger partial charge >= 0.3 is 0 Å². The van der Waals surface area contributed by atoms with Crippen LogP contribution < -0.4 is 16.0 Å². The van der Waals surface area contributed by atoms with Crippen LogP contribution in [0.2, 0.25) is 0 Å². The summed E-state index contributed by atoms with van der Waals surface area (Å²) in [6, 6.07) is 0. The van der Waals surface area contributed by atoms with Crippen molar-refractivity contribution in [1.29, 1.82) is 0 Å². The highest BCUT2D eigenvalue weighted by Gasteiger charge is 2.52. The van der Waals surface area contributed by atoms with Gasteiger partial charge in [-0.2, -0.15) is 0 Å². The number of rotatable bonds is 15. The van der Waals surface area contributed by atoms with Gasteiger partial charge in [0, 0.05) is 33.4 Å².